The second kappa shape index (κ2) is 8.19. The molecular formula is C12H20N2O4S. The van der Waals surface area contributed by atoms with E-state index in [4.69, 9.17) is 14.7 Å². The summed E-state index contributed by atoms with van der Waals surface area (Å²) in [4.78, 5) is 13.3. The summed E-state index contributed by atoms with van der Waals surface area (Å²) in [5.74, 6) is 1.67. The van der Waals surface area contributed by atoms with Crippen LogP contribution in [0.1, 0.15) is 17.0 Å². The van der Waals surface area contributed by atoms with Gasteiger partial charge in [-0.2, -0.15) is 0 Å². The molecule has 0 unspecified atom stereocenters. The summed E-state index contributed by atoms with van der Waals surface area (Å²) in [5.41, 5.74) is 1.87. The van der Waals surface area contributed by atoms with E-state index in [1.807, 2.05) is 13.8 Å². The summed E-state index contributed by atoms with van der Waals surface area (Å²) >= 11 is 1.47. The van der Waals surface area contributed by atoms with Crippen molar-refractivity contribution >= 4 is 17.7 Å². The molecule has 0 saturated heterocycles. The normalized spacial score (nSPS) is 10.7. The summed E-state index contributed by atoms with van der Waals surface area (Å²) in [5, 5.41) is 21.6. The SMILES string of the molecule is Cc1noc(C)c1CSCC(=O)N(CCO)CCO. The molecule has 1 aromatic rings. The van der Waals surface area contributed by atoms with Crippen molar-refractivity contribution in [3.05, 3.63) is 17.0 Å². The Balaban J connectivity index is 2.41. The Labute approximate surface area is 116 Å². The number of hydrogen-bond acceptors (Lipinski definition) is 6. The molecule has 1 heterocycles. The van der Waals surface area contributed by atoms with E-state index in [0.29, 0.717) is 11.5 Å². The minimum absolute atomic E-state index is 0.0835. The molecule has 0 aliphatic rings. The predicted molar refractivity (Wildman–Crippen MR) is 72.9 cm³/mol. The van der Waals surface area contributed by atoms with Crippen LogP contribution in [0, 0.1) is 13.8 Å². The zero-order valence-electron chi connectivity index (χ0n) is 11.3. The van der Waals surface area contributed by atoms with E-state index in [1.54, 1.807) is 0 Å². The van der Waals surface area contributed by atoms with E-state index in [9.17, 15) is 4.79 Å². The molecule has 7 heteroatoms. The van der Waals surface area contributed by atoms with Crippen molar-refractivity contribution in [2.45, 2.75) is 19.6 Å². The number of aromatic nitrogens is 1. The minimum atomic E-state index is -0.0970. The number of aliphatic hydroxyl groups excluding tert-OH is 2. The van der Waals surface area contributed by atoms with Crippen molar-refractivity contribution in [1.29, 1.82) is 0 Å². The lowest BCUT2D eigenvalue weighted by molar-refractivity contribution is -0.129. The number of hydrogen-bond donors (Lipinski definition) is 2. The largest absolute Gasteiger partial charge is 0.395 e. The van der Waals surface area contributed by atoms with Crippen molar-refractivity contribution in [2.75, 3.05) is 32.1 Å². The van der Waals surface area contributed by atoms with Crippen LogP contribution in [-0.2, 0) is 10.5 Å². The molecule has 0 radical (unpaired) electrons. The monoisotopic (exact) mass is 288 g/mol. The zero-order valence-corrected chi connectivity index (χ0v) is 12.1. The van der Waals surface area contributed by atoms with E-state index < -0.39 is 0 Å². The lowest BCUT2D eigenvalue weighted by Crippen LogP contribution is -2.37. The van der Waals surface area contributed by atoms with Crippen LogP contribution in [0.5, 0.6) is 0 Å². The third-order valence-corrected chi connectivity index (χ3v) is 3.69. The van der Waals surface area contributed by atoms with Gasteiger partial charge in [0.1, 0.15) is 5.76 Å². The molecule has 0 spiro atoms. The van der Waals surface area contributed by atoms with E-state index in [-0.39, 0.29) is 32.2 Å². The summed E-state index contributed by atoms with van der Waals surface area (Å²) in [7, 11) is 0. The molecule has 1 aromatic heterocycles. The van der Waals surface area contributed by atoms with Gasteiger partial charge in [0.25, 0.3) is 0 Å². The average Bonchev–Trinajstić information content (AvgIpc) is 2.70. The van der Waals surface area contributed by atoms with E-state index in [2.05, 4.69) is 5.16 Å². The highest BCUT2D eigenvalue weighted by Gasteiger charge is 2.14. The van der Waals surface area contributed by atoms with E-state index >= 15 is 0 Å². The first-order valence-corrected chi connectivity index (χ1v) is 7.24. The zero-order chi connectivity index (χ0) is 14.3. The fourth-order valence-corrected chi connectivity index (χ4v) is 2.72. The Morgan fingerprint density at radius 1 is 1.32 bits per heavy atom. The fraction of sp³-hybridized carbons (Fsp3) is 0.667. The molecule has 108 valence electrons. The molecule has 19 heavy (non-hydrogen) atoms. The van der Waals surface area contributed by atoms with Crippen molar-refractivity contribution in [3.8, 4) is 0 Å². The number of nitrogens with zero attached hydrogens (tertiary/aromatic N) is 2. The first-order chi connectivity index (χ1) is 9.10. The average molecular weight is 288 g/mol. The van der Waals surface area contributed by atoms with E-state index in [0.717, 1.165) is 17.0 Å². The van der Waals surface area contributed by atoms with Gasteiger partial charge in [0.2, 0.25) is 5.91 Å². The van der Waals surface area contributed by atoms with E-state index in [1.165, 1.54) is 16.7 Å². The van der Waals surface area contributed by atoms with Crippen LogP contribution < -0.4 is 0 Å². The van der Waals surface area contributed by atoms with Gasteiger partial charge >= 0.3 is 0 Å². The molecule has 1 amide bonds. The number of aliphatic hydroxyl groups is 2. The smallest absolute Gasteiger partial charge is 0.232 e. The van der Waals surface area contributed by atoms with Crippen LogP contribution in [0.25, 0.3) is 0 Å². The molecule has 0 aliphatic heterocycles. The topological polar surface area (TPSA) is 86.8 Å². The summed E-state index contributed by atoms with van der Waals surface area (Å²) in [6.07, 6.45) is 0. The summed E-state index contributed by atoms with van der Waals surface area (Å²) in [6, 6.07) is 0. The van der Waals surface area contributed by atoms with Crippen LogP contribution in [0.15, 0.2) is 4.52 Å². The lowest BCUT2D eigenvalue weighted by atomic mass is 10.2. The second-order valence-corrected chi connectivity index (χ2v) is 5.11. The molecule has 0 atom stereocenters. The molecule has 0 fully saturated rings. The first kappa shape index (κ1) is 16.0. The predicted octanol–water partition coefficient (Wildman–Crippen LogP) is 0.338. The molecule has 0 bridgehead atoms. The van der Waals surface area contributed by atoms with Gasteiger partial charge in [-0.3, -0.25) is 4.79 Å². The van der Waals surface area contributed by atoms with Crippen molar-refractivity contribution in [3.63, 3.8) is 0 Å². The third-order valence-electron chi connectivity index (χ3n) is 2.75. The second-order valence-electron chi connectivity index (χ2n) is 4.12. The highest BCUT2D eigenvalue weighted by molar-refractivity contribution is 7.99. The van der Waals surface area contributed by atoms with Gasteiger partial charge in [0.15, 0.2) is 0 Å². The summed E-state index contributed by atoms with van der Waals surface area (Å²) in [6.45, 7) is 4.04. The molecule has 0 saturated carbocycles. The number of amides is 1. The van der Waals surface area contributed by atoms with Crippen LogP contribution >= 0.6 is 11.8 Å². The van der Waals surface area contributed by atoms with Gasteiger partial charge in [-0.15, -0.1) is 11.8 Å². The van der Waals surface area contributed by atoms with Crippen LogP contribution in [0.2, 0.25) is 0 Å². The maximum Gasteiger partial charge on any atom is 0.232 e. The molecule has 0 aliphatic carbocycles. The van der Waals surface area contributed by atoms with Gasteiger partial charge in [0, 0.05) is 24.4 Å². The quantitative estimate of drug-likeness (QED) is 0.717. The van der Waals surface area contributed by atoms with Gasteiger partial charge in [0.05, 0.1) is 24.7 Å². The maximum absolute atomic E-state index is 11.9. The third kappa shape index (κ3) is 4.85. The number of thioether (sulfide) groups is 1. The number of aryl methyl sites for hydroxylation is 2. The number of carbonyl (C=O) groups excluding carboxylic acids is 1. The number of carbonyl (C=O) groups is 1. The molecule has 6 nitrogen and oxygen atoms in total. The molecule has 1 rings (SSSR count). The lowest BCUT2D eigenvalue weighted by Gasteiger charge is -2.20. The highest BCUT2D eigenvalue weighted by Crippen LogP contribution is 2.19. The van der Waals surface area contributed by atoms with Gasteiger partial charge < -0.3 is 19.6 Å². The van der Waals surface area contributed by atoms with Gasteiger partial charge in [-0.25, -0.2) is 0 Å². The Morgan fingerprint density at radius 2 is 1.95 bits per heavy atom. The van der Waals surface area contributed by atoms with Crippen LogP contribution in [-0.4, -0.2) is 58.2 Å². The Morgan fingerprint density at radius 3 is 2.42 bits per heavy atom. The van der Waals surface area contributed by atoms with Crippen LogP contribution in [0.4, 0.5) is 0 Å². The Kier molecular flexibility index (Phi) is 6.90. The van der Waals surface area contributed by atoms with Crippen molar-refractivity contribution in [2.24, 2.45) is 0 Å². The van der Waals surface area contributed by atoms with Crippen molar-refractivity contribution in [1.82, 2.24) is 10.1 Å². The fourth-order valence-electron chi connectivity index (χ4n) is 1.64. The van der Waals surface area contributed by atoms with Gasteiger partial charge in [-0.1, -0.05) is 5.16 Å². The van der Waals surface area contributed by atoms with Crippen molar-refractivity contribution < 1.29 is 19.5 Å². The van der Waals surface area contributed by atoms with Crippen LogP contribution in [0.3, 0.4) is 0 Å². The minimum Gasteiger partial charge on any atom is -0.395 e. The first-order valence-electron chi connectivity index (χ1n) is 6.09. The Bertz CT molecular complexity index is 383. The molecule has 0 aromatic carbocycles. The Hall–Kier alpha value is -1.05. The standard InChI is InChI=1S/C12H20N2O4S/c1-9-11(10(2)18-13-9)7-19-8-12(17)14(3-5-15)4-6-16/h15-16H,3-8H2,1-2H3. The summed E-state index contributed by atoms with van der Waals surface area (Å²) < 4.78 is 5.05. The molecule has 2 N–H and O–H groups in total. The maximum atomic E-state index is 11.9. The molecular weight excluding hydrogens is 268 g/mol. The van der Waals surface area contributed by atoms with Gasteiger partial charge in [-0.05, 0) is 13.8 Å². The highest BCUT2D eigenvalue weighted by atomic mass is 32.2. The number of rotatable bonds is 8.